The van der Waals surface area contributed by atoms with Gasteiger partial charge in [0.1, 0.15) is 17.4 Å². The van der Waals surface area contributed by atoms with Crippen LogP contribution in [0.3, 0.4) is 0 Å². The first kappa shape index (κ1) is 14.2. The van der Waals surface area contributed by atoms with E-state index in [4.69, 9.17) is 16.0 Å². The Kier molecular flexibility index (Phi) is 3.74. The second kappa shape index (κ2) is 5.54. The summed E-state index contributed by atoms with van der Waals surface area (Å²) in [6.07, 6.45) is 1.68. The molecule has 3 rings (SSSR count). The van der Waals surface area contributed by atoms with Gasteiger partial charge in [0.05, 0.1) is 16.9 Å². The van der Waals surface area contributed by atoms with Gasteiger partial charge < -0.3 is 9.73 Å². The molecule has 1 N–H and O–H groups in total. The third kappa shape index (κ3) is 2.45. The number of furan rings is 1. The summed E-state index contributed by atoms with van der Waals surface area (Å²) < 4.78 is 7.88. The molecule has 21 heavy (non-hydrogen) atoms. The molecule has 0 saturated heterocycles. The van der Waals surface area contributed by atoms with Gasteiger partial charge in [-0.25, -0.2) is 0 Å². The van der Waals surface area contributed by atoms with Crippen LogP contribution in [0.4, 0.5) is 0 Å². The Morgan fingerprint density at radius 3 is 2.90 bits per heavy atom. The molecule has 3 aromatic rings. The van der Waals surface area contributed by atoms with E-state index in [2.05, 4.69) is 29.5 Å². The van der Waals surface area contributed by atoms with E-state index in [1.165, 1.54) is 5.56 Å². The van der Waals surface area contributed by atoms with Crippen LogP contribution in [0.25, 0.3) is 11.0 Å². The minimum absolute atomic E-state index is 0.118. The zero-order valence-electron chi connectivity index (χ0n) is 12.4. The van der Waals surface area contributed by atoms with Crippen molar-refractivity contribution in [3.8, 4) is 0 Å². The van der Waals surface area contributed by atoms with Gasteiger partial charge in [-0.1, -0.05) is 23.2 Å². The highest BCUT2D eigenvalue weighted by molar-refractivity contribution is 6.31. The number of aromatic nitrogens is 2. The van der Waals surface area contributed by atoms with Crippen molar-refractivity contribution < 1.29 is 4.42 Å². The van der Waals surface area contributed by atoms with E-state index in [0.717, 1.165) is 29.0 Å². The lowest BCUT2D eigenvalue weighted by atomic mass is 10.1. The second-order valence-corrected chi connectivity index (χ2v) is 5.51. The number of benzene rings is 1. The zero-order valence-corrected chi connectivity index (χ0v) is 13.1. The van der Waals surface area contributed by atoms with E-state index in [1.807, 2.05) is 30.8 Å². The van der Waals surface area contributed by atoms with E-state index >= 15 is 0 Å². The van der Waals surface area contributed by atoms with Gasteiger partial charge in [0.25, 0.3) is 0 Å². The number of nitrogens with one attached hydrogen (secondary N) is 1. The Morgan fingerprint density at radius 2 is 2.19 bits per heavy atom. The van der Waals surface area contributed by atoms with E-state index in [1.54, 1.807) is 6.20 Å². The summed E-state index contributed by atoms with van der Waals surface area (Å²) in [6.45, 7) is 4.88. The van der Waals surface area contributed by atoms with Gasteiger partial charge in [0.2, 0.25) is 0 Å². The summed E-state index contributed by atoms with van der Waals surface area (Å²) in [5, 5.41) is 9.32. The fourth-order valence-corrected chi connectivity index (χ4v) is 2.90. The molecule has 0 radical (unpaired) electrons. The van der Waals surface area contributed by atoms with Crippen molar-refractivity contribution in [1.29, 1.82) is 0 Å². The summed E-state index contributed by atoms with van der Waals surface area (Å²) in [7, 11) is 1.90. The van der Waals surface area contributed by atoms with Crippen LogP contribution >= 0.6 is 11.6 Å². The highest BCUT2D eigenvalue weighted by atomic mass is 35.5. The lowest BCUT2D eigenvalue weighted by Gasteiger charge is -2.15. The first-order chi connectivity index (χ1) is 10.1. The number of rotatable bonds is 4. The van der Waals surface area contributed by atoms with Gasteiger partial charge in [-0.3, -0.25) is 4.68 Å². The first-order valence-corrected chi connectivity index (χ1v) is 7.40. The molecular weight excluding hydrogens is 286 g/mol. The minimum atomic E-state index is -0.118. The Balaban J connectivity index is 2.11. The molecule has 2 heterocycles. The molecule has 0 aliphatic rings. The van der Waals surface area contributed by atoms with Crippen LogP contribution in [0, 0.1) is 6.92 Å². The third-order valence-corrected chi connectivity index (χ3v) is 3.96. The molecule has 0 amide bonds. The Bertz CT molecular complexity index is 775. The molecule has 110 valence electrons. The fraction of sp³-hybridized carbons (Fsp3) is 0.312. The maximum Gasteiger partial charge on any atom is 0.134 e. The summed E-state index contributed by atoms with van der Waals surface area (Å²) in [6, 6.07) is 8.11. The van der Waals surface area contributed by atoms with Crippen LogP contribution in [-0.2, 0) is 6.54 Å². The molecule has 0 saturated carbocycles. The van der Waals surface area contributed by atoms with Crippen molar-refractivity contribution >= 4 is 22.6 Å². The van der Waals surface area contributed by atoms with Crippen molar-refractivity contribution in [1.82, 2.24) is 15.1 Å². The molecule has 5 heteroatoms. The van der Waals surface area contributed by atoms with Gasteiger partial charge >= 0.3 is 0 Å². The average Bonchev–Trinajstić information content (AvgIpc) is 3.04. The standard InChI is InChI=1S/C16H18ClN3O/c1-4-20-16(12(17)9-19-20)15(18-3)14-8-11-7-10(2)5-6-13(11)21-14/h5-9,15,18H,4H2,1-3H3. The van der Waals surface area contributed by atoms with Crippen molar-refractivity contribution in [2.24, 2.45) is 0 Å². The Morgan fingerprint density at radius 1 is 1.38 bits per heavy atom. The van der Waals surface area contributed by atoms with Gasteiger partial charge in [-0.2, -0.15) is 5.10 Å². The zero-order chi connectivity index (χ0) is 15.0. The topological polar surface area (TPSA) is 43.0 Å². The third-order valence-electron chi connectivity index (χ3n) is 3.67. The Labute approximate surface area is 128 Å². The van der Waals surface area contributed by atoms with E-state index in [0.29, 0.717) is 5.02 Å². The average molecular weight is 304 g/mol. The molecule has 0 aliphatic carbocycles. The van der Waals surface area contributed by atoms with Gasteiger partial charge in [0, 0.05) is 11.9 Å². The highest BCUT2D eigenvalue weighted by Crippen LogP contribution is 2.32. The number of halogens is 1. The lowest BCUT2D eigenvalue weighted by Crippen LogP contribution is -2.21. The van der Waals surface area contributed by atoms with Crippen molar-refractivity contribution in [2.45, 2.75) is 26.4 Å². The normalized spacial score (nSPS) is 13.0. The smallest absolute Gasteiger partial charge is 0.134 e. The summed E-state index contributed by atoms with van der Waals surface area (Å²) >= 11 is 6.31. The predicted molar refractivity (Wildman–Crippen MR) is 84.8 cm³/mol. The van der Waals surface area contributed by atoms with E-state index in [-0.39, 0.29) is 6.04 Å². The van der Waals surface area contributed by atoms with Gasteiger partial charge in [-0.15, -0.1) is 0 Å². The SMILES string of the molecule is CCn1ncc(Cl)c1C(NC)c1cc2cc(C)ccc2o1. The van der Waals surface area contributed by atoms with Crippen LogP contribution in [0.2, 0.25) is 5.02 Å². The number of hydrogen-bond donors (Lipinski definition) is 1. The molecule has 1 atom stereocenters. The first-order valence-electron chi connectivity index (χ1n) is 7.02. The van der Waals surface area contributed by atoms with Crippen LogP contribution in [0.1, 0.15) is 30.0 Å². The molecule has 2 aromatic heterocycles. The molecule has 1 unspecified atom stereocenters. The monoisotopic (exact) mass is 303 g/mol. The van der Waals surface area contributed by atoms with Gasteiger partial charge in [0.15, 0.2) is 0 Å². The van der Waals surface area contributed by atoms with E-state index in [9.17, 15) is 0 Å². The maximum absolute atomic E-state index is 6.31. The predicted octanol–water partition coefficient (Wildman–Crippen LogP) is 3.92. The van der Waals surface area contributed by atoms with Crippen LogP contribution in [0.15, 0.2) is 34.9 Å². The summed E-state index contributed by atoms with van der Waals surface area (Å²) in [5.41, 5.74) is 3.03. The molecule has 0 bridgehead atoms. The number of nitrogens with zero attached hydrogens (tertiary/aromatic N) is 2. The molecule has 0 spiro atoms. The lowest BCUT2D eigenvalue weighted by molar-refractivity contribution is 0.465. The van der Waals surface area contributed by atoms with Crippen molar-refractivity contribution in [3.63, 3.8) is 0 Å². The molecule has 1 aromatic carbocycles. The molecule has 0 aliphatic heterocycles. The highest BCUT2D eigenvalue weighted by Gasteiger charge is 2.23. The fourth-order valence-electron chi connectivity index (χ4n) is 2.65. The van der Waals surface area contributed by atoms with Crippen molar-refractivity contribution in [2.75, 3.05) is 7.05 Å². The van der Waals surface area contributed by atoms with Gasteiger partial charge in [-0.05, 0) is 39.1 Å². The van der Waals surface area contributed by atoms with Crippen LogP contribution in [0.5, 0.6) is 0 Å². The number of aryl methyl sites for hydroxylation is 2. The molecule has 0 fully saturated rings. The minimum Gasteiger partial charge on any atom is -0.459 e. The molecular formula is C16H18ClN3O. The number of fused-ring (bicyclic) bond motifs is 1. The van der Waals surface area contributed by atoms with E-state index < -0.39 is 0 Å². The maximum atomic E-state index is 6.31. The summed E-state index contributed by atoms with van der Waals surface area (Å²) in [4.78, 5) is 0. The van der Waals surface area contributed by atoms with Crippen LogP contribution in [-0.4, -0.2) is 16.8 Å². The Hall–Kier alpha value is -1.78. The largest absolute Gasteiger partial charge is 0.459 e. The summed E-state index contributed by atoms with van der Waals surface area (Å²) in [5.74, 6) is 0.843. The number of hydrogen-bond acceptors (Lipinski definition) is 3. The quantitative estimate of drug-likeness (QED) is 0.794. The second-order valence-electron chi connectivity index (χ2n) is 5.11. The molecule has 4 nitrogen and oxygen atoms in total. The van der Waals surface area contributed by atoms with Crippen LogP contribution < -0.4 is 5.32 Å². The van der Waals surface area contributed by atoms with Crippen molar-refractivity contribution in [3.05, 3.63) is 52.5 Å².